The predicted molar refractivity (Wildman–Crippen MR) is 86.2 cm³/mol. The average Bonchev–Trinajstić information content (AvgIpc) is 2.96. The molecule has 2 aliphatic heterocycles. The number of fused-ring (bicyclic) bond motifs is 1. The van der Waals surface area contributed by atoms with Crippen molar-refractivity contribution in [2.45, 2.75) is 54.7 Å². The number of halogens is 2. The summed E-state index contributed by atoms with van der Waals surface area (Å²) < 4.78 is 5.42. The molecule has 2 heterocycles. The van der Waals surface area contributed by atoms with E-state index in [1.165, 1.54) is 45.2 Å². The molecule has 5 heteroatoms. The van der Waals surface area contributed by atoms with E-state index in [1.807, 2.05) is 6.92 Å². The molecular weight excluding hydrogens is 386 g/mol. The van der Waals surface area contributed by atoms with Crippen molar-refractivity contribution in [2.75, 3.05) is 19.7 Å². The van der Waals surface area contributed by atoms with E-state index in [9.17, 15) is 4.79 Å². The largest absolute Gasteiger partial charge is 0.465 e. The lowest BCUT2D eigenvalue weighted by Gasteiger charge is -2.44. The summed E-state index contributed by atoms with van der Waals surface area (Å²) in [5.74, 6) is 0.481. The first kappa shape index (κ1) is 15.3. The number of carbonyl (C=O) groups is 1. The minimum Gasteiger partial charge on any atom is -0.465 e. The van der Waals surface area contributed by atoms with Crippen LogP contribution in [0.1, 0.15) is 45.4 Å². The fourth-order valence-electron chi connectivity index (χ4n) is 3.73. The van der Waals surface area contributed by atoms with Crippen LogP contribution >= 0.6 is 31.9 Å². The second-order valence-corrected chi connectivity index (χ2v) is 10.6. The molecule has 3 fully saturated rings. The summed E-state index contributed by atoms with van der Waals surface area (Å²) in [6.45, 7) is 5.04. The number of esters is 1. The van der Waals surface area contributed by atoms with Gasteiger partial charge in [0.1, 0.15) is 0 Å². The van der Waals surface area contributed by atoms with Crippen LogP contribution in [-0.2, 0) is 9.53 Å². The van der Waals surface area contributed by atoms with E-state index in [0.717, 1.165) is 6.42 Å². The van der Waals surface area contributed by atoms with Gasteiger partial charge in [-0.2, -0.15) is 0 Å². The van der Waals surface area contributed by atoms with Crippen molar-refractivity contribution >= 4 is 37.8 Å². The van der Waals surface area contributed by atoms with Gasteiger partial charge < -0.3 is 4.74 Å². The van der Waals surface area contributed by atoms with Gasteiger partial charge in [0.15, 0.2) is 0 Å². The number of nitrogens with zero attached hydrogens (tertiary/aromatic N) is 1. The van der Waals surface area contributed by atoms with Gasteiger partial charge in [-0.15, -0.1) is 0 Å². The lowest BCUT2D eigenvalue weighted by molar-refractivity contribution is -0.152. The Labute approximate surface area is 138 Å². The van der Waals surface area contributed by atoms with Gasteiger partial charge in [-0.05, 0) is 52.1 Å². The van der Waals surface area contributed by atoms with Crippen molar-refractivity contribution in [3.63, 3.8) is 0 Å². The topological polar surface area (TPSA) is 29.5 Å². The first-order chi connectivity index (χ1) is 9.44. The Balaban J connectivity index is 1.54. The van der Waals surface area contributed by atoms with Crippen molar-refractivity contribution in [3.8, 4) is 0 Å². The van der Waals surface area contributed by atoms with Crippen LogP contribution in [0.5, 0.6) is 0 Å². The smallest absolute Gasteiger partial charge is 0.314 e. The Kier molecular flexibility index (Phi) is 4.24. The highest BCUT2D eigenvalue weighted by atomic mass is 79.9. The molecule has 0 spiro atoms. The molecule has 0 aromatic rings. The van der Waals surface area contributed by atoms with E-state index in [0.29, 0.717) is 18.6 Å². The molecule has 0 aromatic carbocycles. The monoisotopic (exact) mass is 407 g/mol. The Morgan fingerprint density at radius 3 is 2.65 bits per heavy atom. The van der Waals surface area contributed by atoms with Crippen LogP contribution in [0.25, 0.3) is 0 Å². The zero-order chi connectivity index (χ0) is 14.4. The molecule has 20 heavy (non-hydrogen) atoms. The first-order valence-electron chi connectivity index (χ1n) is 7.73. The van der Waals surface area contributed by atoms with Gasteiger partial charge in [0.2, 0.25) is 0 Å². The van der Waals surface area contributed by atoms with Crippen molar-refractivity contribution in [2.24, 2.45) is 11.3 Å². The van der Waals surface area contributed by atoms with Crippen LogP contribution in [0, 0.1) is 11.3 Å². The van der Waals surface area contributed by atoms with E-state index >= 15 is 0 Å². The first-order valence-corrected chi connectivity index (χ1v) is 9.32. The molecule has 0 amide bonds. The van der Waals surface area contributed by atoms with E-state index < -0.39 is 5.41 Å². The summed E-state index contributed by atoms with van der Waals surface area (Å²) in [5, 5.41) is 0. The van der Waals surface area contributed by atoms with Gasteiger partial charge in [0.25, 0.3) is 0 Å². The molecule has 0 radical (unpaired) electrons. The second-order valence-electron chi connectivity index (χ2n) is 6.81. The van der Waals surface area contributed by atoms with Gasteiger partial charge in [0, 0.05) is 12.0 Å². The third kappa shape index (κ3) is 2.70. The minimum atomic E-state index is -0.395. The highest BCUT2D eigenvalue weighted by Crippen LogP contribution is 2.66. The van der Waals surface area contributed by atoms with Crippen molar-refractivity contribution < 1.29 is 9.53 Å². The minimum absolute atomic E-state index is 0.0563. The van der Waals surface area contributed by atoms with Crippen LogP contribution in [0.4, 0.5) is 0 Å². The zero-order valence-corrected chi connectivity index (χ0v) is 15.2. The number of piperidine rings is 2. The molecule has 3 rings (SSSR count). The van der Waals surface area contributed by atoms with Crippen LogP contribution in [-0.4, -0.2) is 39.8 Å². The standard InChI is InChI=1S/C15H23Br2NO2/c1-14(10-15(14,16)17)13(19)20-9-11-5-4-8-18-7-3-2-6-12(11)18/h11-12H,2-10H2,1H3/t11-,12-,14+/m1/s1. The summed E-state index contributed by atoms with van der Waals surface area (Å²) in [7, 11) is 0. The molecule has 3 aliphatic rings. The van der Waals surface area contributed by atoms with Crippen LogP contribution in [0.3, 0.4) is 0 Å². The molecule has 3 atom stereocenters. The van der Waals surface area contributed by atoms with E-state index in [1.54, 1.807) is 0 Å². The molecule has 0 bridgehead atoms. The summed E-state index contributed by atoms with van der Waals surface area (Å²) >= 11 is 7.08. The lowest BCUT2D eigenvalue weighted by atomic mass is 9.84. The van der Waals surface area contributed by atoms with E-state index in [4.69, 9.17) is 4.74 Å². The van der Waals surface area contributed by atoms with Gasteiger partial charge in [-0.3, -0.25) is 9.69 Å². The maximum absolute atomic E-state index is 12.2. The van der Waals surface area contributed by atoms with Gasteiger partial charge in [-0.25, -0.2) is 0 Å². The predicted octanol–water partition coefficient (Wildman–Crippen LogP) is 3.69. The Hall–Kier alpha value is 0.390. The zero-order valence-electron chi connectivity index (χ0n) is 12.0. The Bertz CT molecular complexity index is 399. The van der Waals surface area contributed by atoms with Crippen molar-refractivity contribution in [3.05, 3.63) is 0 Å². The summed E-state index contributed by atoms with van der Waals surface area (Å²) in [5.41, 5.74) is -0.395. The van der Waals surface area contributed by atoms with Crippen LogP contribution in [0.2, 0.25) is 0 Å². The van der Waals surface area contributed by atoms with Gasteiger partial charge >= 0.3 is 5.97 Å². The van der Waals surface area contributed by atoms with E-state index in [-0.39, 0.29) is 9.20 Å². The summed E-state index contributed by atoms with van der Waals surface area (Å²) in [6.07, 6.45) is 7.20. The molecular formula is C15H23Br2NO2. The normalized spacial score (nSPS) is 40.0. The number of hydrogen-bond donors (Lipinski definition) is 0. The number of hydrogen-bond acceptors (Lipinski definition) is 3. The molecule has 0 N–H and O–H groups in total. The molecule has 1 aliphatic carbocycles. The highest BCUT2D eigenvalue weighted by Gasteiger charge is 2.67. The summed E-state index contributed by atoms with van der Waals surface area (Å²) in [6, 6.07) is 0.648. The number of rotatable bonds is 3. The molecule has 1 saturated carbocycles. The summed E-state index contributed by atoms with van der Waals surface area (Å²) in [4.78, 5) is 14.9. The third-order valence-electron chi connectivity index (χ3n) is 5.37. The Morgan fingerprint density at radius 2 is 1.95 bits per heavy atom. The van der Waals surface area contributed by atoms with Crippen molar-refractivity contribution in [1.82, 2.24) is 4.90 Å². The lowest BCUT2D eigenvalue weighted by Crippen LogP contribution is -2.49. The number of carbonyl (C=O) groups excluding carboxylic acids is 1. The Morgan fingerprint density at radius 1 is 1.25 bits per heavy atom. The fourth-order valence-corrected chi connectivity index (χ4v) is 5.18. The maximum atomic E-state index is 12.2. The van der Waals surface area contributed by atoms with Crippen LogP contribution < -0.4 is 0 Å². The molecule has 3 nitrogen and oxygen atoms in total. The average molecular weight is 409 g/mol. The highest BCUT2D eigenvalue weighted by molar-refractivity contribution is 9.25. The third-order valence-corrected chi connectivity index (χ3v) is 7.68. The van der Waals surface area contributed by atoms with Gasteiger partial charge in [-0.1, -0.05) is 38.3 Å². The number of alkyl halides is 2. The van der Waals surface area contributed by atoms with E-state index in [2.05, 4.69) is 36.8 Å². The quantitative estimate of drug-likeness (QED) is 0.526. The fraction of sp³-hybridized carbons (Fsp3) is 0.933. The number of ether oxygens (including phenoxy) is 1. The van der Waals surface area contributed by atoms with Crippen molar-refractivity contribution in [1.29, 1.82) is 0 Å². The maximum Gasteiger partial charge on any atom is 0.314 e. The SMILES string of the molecule is C[C@@]1(C(=O)OC[C@H]2CCCN3CCCC[C@H]23)CC1(Br)Br. The molecule has 0 unspecified atom stereocenters. The molecule has 114 valence electrons. The van der Waals surface area contributed by atoms with Gasteiger partial charge in [0.05, 0.1) is 15.3 Å². The molecule has 2 saturated heterocycles. The second kappa shape index (κ2) is 5.54. The van der Waals surface area contributed by atoms with Crippen LogP contribution in [0.15, 0.2) is 0 Å². The molecule has 0 aromatic heterocycles.